The van der Waals surface area contributed by atoms with Crippen LogP contribution < -0.4 is 0 Å². The lowest BCUT2D eigenvalue weighted by Crippen LogP contribution is -2.23. The van der Waals surface area contributed by atoms with E-state index in [1.54, 1.807) is 14.2 Å². The van der Waals surface area contributed by atoms with E-state index < -0.39 is 11.6 Å². The number of alkyl halides is 1. The van der Waals surface area contributed by atoms with Crippen molar-refractivity contribution in [2.75, 3.05) is 20.1 Å². The molecule has 0 heterocycles. The lowest BCUT2D eigenvalue weighted by atomic mass is 9.98. The third kappa shape index (κ3) is 11.6. The third-order valence-electron chi connectivity index (χ3n) is 2.74. The quantitative estimate of drug-likeness (QED) is 0.226. The van der Waals surface area contributed by atoms with Crippen LogP contribution in [0, 0.1) is 17.8 Å². The molecule has 21 heavy (non-hydrogen) atoms. The van der Waals surface area contributed by atoms with Gasteiger partial charge in [-0.2, -0.15) is 0 Å². The normalized spacial score (nSPS) is 12.7. The van der Waals surface area contributed by atoms with Gasteiger partial charge in [0.25, 0.3) is 0 Å². The van der Waals surface area contributed by atoms with E-state index in [0.717, 1.165) is 25.7 Å². The molecular weight excluding hydrogens is 292 g/mol. The van der Waals surface area contributed by atoms with E-state index in [4.69, 9.17) is 25.8 Å². The van der Waals surface area contributed by atoms with Gasteiger partial charge in [-0.3, -0.25) is 0 Å². The summed E-state index contributed by atoms with van der Waals surface area (Å²) >= 11 is 5.72. The molecule has 0 fully saturated rings. The molecular formula is C16H27ClO4. The highest BCUT2D eigenvalue weighted by Gasteiger charge is 2.15. The lowest BCUT2D eigenvalue weighted by Gasteiger charge is -2.17. The van der Waals surface area contributed by atoms with Crippen LogP contribution in [0.4, 0.5) is 0 Å². The van der Waals surface area contributed by atoms with Gasteiger partial charge in [-0.15, -0.1) is 11.6 Å². The predicted octanol–water partition coefficient (Wildman–Crippen LogP) is 3.37. The molecule has 0 aliphatic carbocycles. The van der Waals surface area contributed by atoms with Gasteiger partial charge in [-0.1, -0.05) is 5.92 Å². The van der Waals surface area contributed by atoms with Crippen molar-refractivity contribution < 1.29 is 19.0 Å². The zero-order valence-corrected chi connectivity index (χ0v) is 14.5. The standard InChI is InChI=1S/C16H27ClO4/c1-16(2,3)21-14(18)10-8-13(7-6-12-17)9-11-15(19-4)20-5/h13,15H,6-7,9,11-12H2,1-5H3. The fourth-order valence-electron chi connectivity index (χ4n) is 1.75. The van der Waals surface area contributed by atoms with Crippen LogP contribution >= 0.6 is 11.6 Å². The second kappa shape index (κ2) is 10.9. The van der Waals surface area contributed by atoms with E-state index in [2.05, 4.69) is 11.8 Å². The molecule has 5 heteroatoms. The molecule has 0 bridgehead atoms. The Morgan fingerprint density at radius 3 is 2.24 bits per heavy atom. The summed E-state index contributed by atoms with van der Waals surface area (Å²) in [6.45, 7) is 5.46. The fraction of sp³-hybridized carbons (Fsp3) is 0.812. The number of esters is 1. The number of ether oxygens (including phenoxy) is 3. The molecule has 4 nitrogen and oxygen atoms in total. The lowest BCUT2D eigenvalue weighted by molar-refractivity contribution is -0.147. The molecule has 0 aliphatic heterocycles. The number of rotatable bonds is 8. The summed E-state index contributed by atoms with van der Waals surface area (Å²) in [4.78, 5) is 11.6. The van der Waals surface area contributed by atoms with Crippen LogP contribution in [0.15, 0.2) is 0 Å². The van der Waals surface area contributed by atoms with Crippen molar-refractivity contribution in [1.82, 2.24) is 0 Å². The van der Waals surface area contributed by atoms with Crippen molar-refractivity contribution in [2.24, 2.45) is 5.92 Å². The zero-order chi connectivity index (χ0) is 16.3. The molecule has 0 saturated carbocycles. The molecule has 1 atom stereocenters. The van der Waals surface area contributed by atoms with Gasteiger partial charge in [0.05, 0.1) is 0 Å². The third-order valence-corrected chi connectivity index (χ3v) is 3.01. The molecule has 0 radical (unpaired) electrons. The molecule has 0 aromatic rings. The van der Waals surface area contributed by atoms with Gasteiger partial charge < -0.3 is 14.2 Å². The van der Waals surface area contributed by atoms with Crippen LogP contribution in [0.25, 0.3) is 0 Å². The number of hydrogen-bond acceptors (Lipinski definition) is 4. The number of hydrogen-bond donors (Lipinski definition) is 0. The summed E-state index contributed by atoms with van der Waals surface area (Å²) in [5, 5.41) is 0. The summed E-state index contributed by atoms with van der Waals surface area (Å²) in [5.41, 5.74) is -0.519. The van der Waals surface area contributed by atoms with E-state index in [1.165, 1.54) is 0 Å². The van der Waals surface area contributed by atoms with Crippen LogP contribution in [0.3, 0.4) is 0 Å². The van der Waals surface area contributed by atoms with E-state index in [1.807, 2.05) is 20.8 Å². The first-order chi connectivity index (χ1) is 9.82. The first-order valence-corrected chi connectivity index (χ1v) is 7.72. The summed E-state index contributed by atoms with van der Waals surface area (Å²) in [7, 11) is 3.21. The van der Waals surface area contributed by atoms with Crippen LogP contribution in [-0.2, 0) is 19.0 Å². The van der Waals surface area contributed by atoms with Crippen molar-refractivity contribution >= 4 is 17.6 Å². The largest absolute Gasteiger partial charge is 0.450 e. The average Bonchev–Trinajstić information content (AvgIpc) is 2.40. The van der Waals surface area contributed by atoms with E-state index in [0.29, 0.717) is 5.88 Å². The molecule has 0 aromatic heterocycles. The average molecular weight is 319 g/mol. The number of carbonyl (C=O) groups excluding carboxylic acids is 1. The maximum atomic E-state index is 11.6. The van der Waals surface area contributed by atoms with Gasteiger partial charge in [0.2, 0.25) is 0 Å². The summed E-state index contributed by atoms with van der Waals surface area (Å²) in [5.74, 6) is 5.74. The van der Waals surface area contributed by atoms with Crippen LogP contribution in [0.5, 0.6) is 0 Å². The van der Waals surface area contributed by atoms with E-state index >= 15 is 0 Å². The summed E-state index contributed by atoms with van der Waals surface area (Å²) in [6, 6.07) is 0. The smallest absolute Gasteiger partial charge is 0.384 e. The van der Waals surface area contributed by atoms with Gasteiger partial charge in [0.15, 0.2) is 6.29 Å². The SMILES string of the molecule is COC(CCC(C#CC(=O)OC(C)(C)C)CCCCl)OC. The fourth-order valence-corrected chi connectivity index (χ4v) is 1.90. The predicted molar refractivity (Wildman–Crippen MR) is 84.1 cm³/mol. The summed E-state index contributed by atoms with van der Waals surface area (Å²) in [6.07, 6.45) is 2.98. The molecule has 122 valence electrons. The first-order valence-electron chi connectivity index (χ1n) is 7.18. The highest BCUT2D eigenvalue weighted by molar-refractivity contribution is 6.17. The summed E-state index contributed by atoms with van der Waals surface area (Å²) < 4.78 is 15.5. The Labute approximate surface area is 133 Å². The molecule has 0 saturated heterocycles. The molecule has 0 aliphatic rings. The van der Waals surface area contributed by atoms with Crippen LogP contribution in [0.2, 0.25) is 0 Å². The van der Waals surface area contributed by atoms with Gasteiger partial charge >= 0.3 is 5.97 Å². The second-order valence-electron chi connectivity index (χ2n) is 5.78. The molecule has 0 aromatic carbocycles. The van der Waals surface area contributed by atoms with E-state index in [-0.39, 0.29) is 12.2 Å². The maximum Gasteiger partial charge on any atom is 0.384 e. The molecule has 0 N–H and O–H groups in total. The number of methoxy groups -OCH3 is 2. The number of halogens is 1. The Bertz CT molecular complexity index is 348. The molecule has 1 unspecified atom stereocenters. The Morgan fingerprint density at radius 1 is 1.14 bits per heavy atom. The zero-order valence-electron chi connectivity index (χ0n) is 13.7. The number of carbonyl (C=O) groups is 1. The van der Waals surface area contributed by atoms with Crippen molar-refractivity contribution in [2.45, 2.75) is 58.3 Å². The minimum atomic E-state index is -0.519. The first kappa shape index (κ1) is 20.2. The van der Waals surface area contributed by atoms with Crippen LogP contribution in [-0.4, -0.2) is 38.0 Å². The van der Waals surface area contributed by atoms with Gasteiger partial charge in [-0.25, -0.2) is 4.79 Å². The van der Waals surface area contributed by atoms with Gasteiger partial charge in [-0.05, 0) is 46.5 Å². The molecule has 0 amide bonds. The van der Waals surface area contributed by atoms with Crippen molar-refractivity contribution in [3.63, 3.8) is 0 Å². The van der Waals surface area contributed by atoms with Crippen molar-refractivity contribution in [3.8, 4) is 11.8 Å². The topological polar surface area (TPSA) is 44.8 Å². The Balaban J connectivity index is 4.51. The van der Waals surface area contributed by atoms with Gasteiger partial charge in [0, 0.05) is 31.9 Å². The molecule has 0 spiro atoms. The Morgan fingerprint density at radius 2 is 1.76 bits per heavy atom. The van der Waals surface area contributed by atoms with Crippen LogP contribution in [0.1, 0.15) is 46.5 Å². The Kier molecular flexibility index (Phi) is 10.5. The monoisotopic (exact) mass is 318 g/mol. The highest BCUT2D eigenvalue weighted by atomic mass is 35.5. The highest BCUT2D eigenvalue weighted by Crippen LogP contribution is 2.16. The Hall–Kier alpha value is -0.760. The minimum absolute atomic E-state index is 0.0871. The van der Waals surface area contributed by atoms with Crippen molar-refractivity contribution in [1.29, 1.82) is 0 Å². The van der Waals surface area contributed by atoms with Gasteiger partial charge in [0.1, 0.15) is 5.60 Å². The second-order valence-corrected chi connectivity index (χ2v) is 6.16. The van der Waals surface area contributed by atoms with Crippen molar-refractivity contribution in [3.05, 3.63) is 0 Å². The van der Waals surface area contributed by atoms with E-state index in [9.17, 15) is 4.79 Å². The molecule has 0 rings (SSSR count). The maximum absolute atomic E-state index is 11.6. The minimum Gasteiger partial charge on any atom is -0.450 e.